The first-order valence-corrected chi connectivity index (χ1v) is 8.11. The molecule has 1 aliphatic heterocycles. The van der Waals surface area contributed by atoms with Gasteiger partial charge >= 0.3 is 5.97 Å². The number of amides is 1. The van der Waals surface area contributed by atoms with E-state index in [1.54, 1.807) is 4.90 Å². The van der Waals surface area contributed by atoms with E-state index in [1.807, 2.05) is 42.6 Å². The molecule has 0 unspecified atom stereocenters. The highest BCUT2D eigenvalue weighted by Crippen LogP contribution is 2.31. The van der Waals surface area contributed by atoms with Gasteiger partial charge < -0.3 is 10.0 Å². The van der Waals surface area contributed by atoms with E-state index in [1.165, 1.54) is 16.9 Å². The van der Waals surface area contributed by atoms with Crippen molar-refractivity contribution in [1.29, 1.82) is 0 Å². The maximum absolute atomic E-state index is 12.7. The summed E-state index contributed by atoms with van der Waals surface area (Å²) in [6.07, 6.45) is 0.534. The minimum absolute atomic E-state index is 0.0608. The van der Waals surface area contributed by atoms with Gasteiger partial charge in [0.15, 0.2) is 0 Å². The van der Waals surface area contributed by atoms with E-state index in [9.17, 15) is 9.59 Å². The van der Waals surface area contributed by atoms with Gasteiger partial charge in [0, 0.05) is 18.7 Å². The first-order valence-electron chi connectivity index (χ1n) is 7.23. The number of nitrogens with zero attached hydrogens (tertiary/aromatic N) is 1. The number of hydrogen-bond donors (Lipinski definition) is 1. The van der Waals surface area contributed by atoms with Crippen molar-refractivity contribution in [1.82, 2.24) is 4.90 Å². The fourth-order valence-electron chi connectivity index (χ4n) is 2.73. The summed E-state index contributed by atoms with van der Waals surface area (Å²) in [4.78, 5) is 26.1. The summed E-state index contributed by atoms with van der Waals surface area (Å²) in [6, 6.07) is 10.0. The van der Waals surface area contributed by atoms with Gasteiger partial charge in [0.1, 0.15) is 0 Å². The fraction of sp³-hybridized carbons (Fsp3) is 0.294. The van der Waals surface area contributed by atoms with Gasteiger partial charge in [-0.3, -0.25) is 9.59 Å². The first kappa shape index (κ1) is 14.8. The second-order valence-electron chi connectivity index (χ2n) is 5.60. The second-order valence-corrected chi connectivity index (χ2v) is 6.52. The predicted octanol–water partition coefficient (Wildman–Crippen LogP) is 3.27. The Morgan fingerprint density at radius 1 is 1.23 bits per heavy atom. The molecule has 2 heterocycles. The van der Waals surface area contributed by atoms with Crippen LogP contribution < -0.4 is 0 Å². The molecule has 1 saturated heterocycles. The molecule has 0 aliphatic carbocycles. The smallest absolute Gasteiger partial charge is 0.308 e. The third-order valence-electron chi connectivity index (χ3n) is 4.05. The number of carbonyl (C=O) groups is 2. The number of benzene rings is 1. The molecule has 114 valence electrons. The van der Waals surface area contributed by atoms with Crippen molar-refractivity contribution in [3.63, 3.8) is 0 Å². The van der Waals surface area contributed by atoms with Crippen molar-refractivity contribution in [2.24, 2.45) is 5.92 Å². The molecule has 1 aliphatic rings. The Hall–Kier alpha value is -2.14. The lowest BCUT2D eigenvalue weighted by Gasteiger charge is -2.16. The van der Waals surface area contributed by atoms with Crippen molar-refractivity contribution in [3.05, 3.63) is 46.2 Å². The average Bonchev–Trinajstić information content (AvgIpc) is 3.17. The molecule has 2 aromatic rings. The van der Waals surface area contributed by atoms with Crippen LogP contribution in [0.25, 0.3) is 11.1 Å². The highest BCUT2D eigenvalue weighted by atomic mass is 32.1. The highest BCUT2D eigenvalue weighted by molar-refractivity contribution is 7.12. The van der Waals surface area contributed by atoms with Crippen LogP contribution in [-0.2, 0) is 4.79 Å². The van der Waals surface area contributed by atoms with Crippen molar-refractivity contribution >= 4 is 23.2 Å². The standard InChI is InChI=1S/C17H17NO3S/c1-11-2-4-12(5-3-11)14-7-9-22-15(14)16(19)18-8-6-13(10-18)17(20)21/h2-5,7,9,13H,6,8,10H2,1H3,(H,20,21)/t13-/m1/s1. The van der Waals surface area contributed by atoms with Gasteiger partial charge in [-0.15, -0.1) is 11.3 Å². The molecule has 4 nitrogen and oxygen atoms in total. The van der Waals surface area contributed by atoms with Crippen molar-refractivity contribution in [2.45, 2.75) is 13.3 Å². The molecule has 3 rings (SSSR count). The summed E-state index contributed by atoms with van der Waals surface area (Å²) in [6.45, 7) is 2.85. The van der Waals surface area contributed by atoms with Crippen LogP contribution in [-0.4, -0.2) is 35.0 Å². The number of carbonyl (C=O) groups excluding carboxylic acids is 1. The molecule has 22 heavy (non-hydrogen) atoms. The molecule has 0 bridgehead atoms. The molecule has 1 aromatic carbocycles. The summed E-state index contributed by atoms with van der Waals surface area (Å²) in [5, 5.41) is 11.0. The van der Waals surface area contributed by atoms with Crippen LogP contribution in [0.4, 0.5) is 0 Å². The zero-order valence-corrected chi connectivity index (χ0v) is 13.1. The van der Waals surface area contributed by atoms with Crippen LogP contribution in [0.5, 0.6) is 0 Å². The second kappa shape index (κ2) is 5.93. The van der Waals surface area contributed by atoms with E-state index < -0.39 is 11.9 Å². The zero-order chi connectivity index (χ0) is 15.7. The van der Waals surface area contributed by atoms with Gasteiger partial charge in [-0.1, -0.05) is 29.8 Å². The molecule has 1 atom stereocenters. The zero-order valence-electron chi connectivity index (χ0n) is 12.3. The Balaban J connectivity index is 1.84. The number of hydrogen-bond acceptors (Lipinski definition) is 3. The molecule has 1 amide bonds. The maximum Gasteiger partial charge on any atom is 0.308 e. The Labute approximate surface area is 133 Å². The topological polar surface area (TPSA) is 57.6 Å². The summed E-state index contributed by atoms with van der Waals surface area (Å²) in [5.74, 6) is -1.32. The van der Waals surface area contributed by atoms with E-state index in [0.717, 1.165) is 11.1 Å². The van der Waals surface area contributed by atoms with Crippen molar-refractivity contribution in [2.75, 3.05) is 13.1 Å². The minimum atomic E-state index is -0.819. The Bertz CT molecular complexity index is 705. The monoisotopic (exact) mass is 315 g/mol. The first-order chi connectivity index (χ1) is 10.6. The van der Waals surface area contributed by atoms with E-state index in [4.69, 9.17) is 5.11 Å². The number of likely N-dealkylation sites (tertiary alicyclic amines) is 1. The van der Waals surface area contributed by atoms with Gasteiger partial charge in [0.05, 0.1) is 10.8 Å². The molecule has 0 saturated carbocycles. The van der Waals surface area contributed by atoms with Gasteiger partial charge in [-0.05, 0) is 30.4 Å². The minimum Gasteiger partial charge on any atom is -0.481 e. The molecule has 1 N–H and O–H groups in total. The largest absolute Gasteiger partial charge is 0.481 e. The maximum atomic E-state index is 12.7. The molecular formula is C17H17NO3S. The summed E-state index contributed by atoms with van der Waals surface area (Å²) in [7, 11) is 0. The molecule has 0 spiro atoms. The number of aryl methyl sites for hydroxylation is 1. The Kier molecular flexibility index (Phi) is 3.98. The summed E-state index contributed by atoms with van der Waals surface area (Å²) in [5.41, 5.74) is 3.12. The lowest BCUT2D eigenvalue weighted by atomic mass is 10.0. The van der Waals surface area contributed by atoms with Crippen LogP contribution >= 0.6 is 11.3 Å². The number of carboxylic acids is 1. The summed E-state index contributed by atoms with van der Waals surface area (Å²) < 4.78 is 0. The predicted molar refractivity (Wildman–Crippen MR) is 86.1 cm³/mol. The number of rotatable bonds is 3. The molecule has 1 fully saturated rings. The van der Waals surface area contributed by atoms with Gasteiger partial charge in [-0.2, -0.15) is 0 Å². The van der Waals surface area contributed by atoms with Crippen LogP contribution in [0.3, 0.4) is 0 Å². The van der Waals surface area contributed by atoms with E-state index >= 15 is 0 Å². The lowest BCUT2D eigenvalue weighted by molar-refractivity contribution is -0.141. The van der Waals surface area contributed by atoms with Gasteiger partial charge in [0.2, 0.25) is 0 Å². The average molecular weight is 315 g/mol. The third-order valence-corrected chi connectivity index (χ3v) is 4.95. The van der Waals surface area contributed by atoms with Gasteiger partial charge in [0.25, 0.3) is 5.91 Å². The SMILES string of the molecule is Cc1ccc(-c2ccsc2C(=O)N2CC[C@@H](C(=O)O)C2)cc1. The molecular weight excluding hydrogens is 298 g/mol. The lowest BCUT2D eigenvalue weighted by Crippen LogP contribution is -2.29. The van der Waals surface area contributed by atoms with E-state index in [-0.39, 0.29) is 5.91 Å². The Morgan fingerprint density at radius 3 is 2.59 bits per heavy atom. The van der Waals surface area contributed by atoms with Crippen LogP contribution in [0.15, 0.2) is 35.7 Å². The summed E-state index contributed by atoms with van der Waals surface area (Å²) >= 11 is 1.41. The van der Waals surface area contributed by atoms with Crippen LogP contribution in [0.1, 0.15) is 21.7 Å². The molecule has 5 heteroatoms. The van der Waals surface area contributed by atoms with Crippen LogP contribution in [0.2, 0.25) is 0 Å². The molecule has 0 radical (unpaired) electrons. The highest BCUT2D eigenvalue weighted by Gasteiger charge is 2.32. The Morgan fingerprint density at radius 2 is 1.95 bits per heavy atom. The molecule has 1 aromatic heterocycles. The quantitative estimate of drug-likeness (QED) is 0.945. The van der Waals surface area contributed by atoms with Gasteiger partial charge in [-0.25, -0.2) is 0 Å². The van der Waals surface area contributed by atoms with Crippen LogP contribution in [0, 0.1) is 12.8 Å². The number of thiophene rings is 1. The third kappa shape index (κ3) is 2.76. The number of carboxylic acid groups (broad SMARTS) is 1. The van der Waals surface area contributed by atoms with Crippen molar-refractivity contribution < 1.29 is 14.7 Å². The fourth-order valence-corrected chi connectivity index (χ4v) is 3.61. The van der Waals surface area contributed by atoms with E-state index in [2.05, 4.69) is 0 Å². The van der Waals surface area contributed by atoms with E-state index in [0.29, 0.717) is 24.4 Å². The van der Waals surface area contributed by atoms with Crippen molar-refractivity contribution in [3.8, 4) is 11.1 Å². The normalized spacial score (nSPS) is 17.7. The number of aliphatic carboxylic acids is 1.